The summed E-state index contributed by atoms with van der Waals surface area (Å²) < 4.78 is 5.92. The van der Waals surface area contributed by atoms with Gasteiger partial charge in [-0.15, -0.1) is 0 Å². The molecule has 0 unspecified atom stereocenters. The van der Waals surface area contributed by atoms with Crippen molar-refractivity contribution < 1.29 is 9.21 Å². The first-order valence-electron chi connectivity index (χ1n) is 11.3. The van der Waals surface area contributed by atoms with E-state index in [0.717, 1.165) is 29.1 Å². The minimum atomic E-state index is 0.0890. The Hall–Kier alpha value is -2.10. The number of rotatable bonds is 6. The number of nitrogens with one attached hydrogen (secondary N) is 1. The summed E-state index contributed by atoms with van der Waals surface area (Å²) in [4.78, 5) is 17.1. The molecule has 29 heavy (non-hydrogen) atoms. The lowest BCUT2D eigenvalue weighted by molar-refractivity contribution is -0.126. The van der Waals surface area contributed by atoms with Crippen LogP contribution in [0.25, 0.3) is 11.3 Å². The molecule has 4 nitrogen and oxygen atoms in total. The first kappa shape index (κ1) is 18.9. The fourth-order valence-corrected chi connectivity index (χ4v) is 6.43. The molecule has 1 heterocycles. The van der Waals surface area contributed by atoms with E-state index in [1.165, 1.54) is 44.1 Å². The van der Waals surface area contributed by atoms with Gasteiger partial charge in [0.2, 0.25) is 5.91 Å². The van der Waals surface area contributed by atoms with Crippen LogP contribution in [-0.2, 0) is 11.2 Å². The van der Waals surface area contributed by atoms with Crippen molar-refractivity contribution >= 4 is 5.91 Å². The number of nitrogens with zero attached hydrogens (tertiary/aromatic N) is 1. The van der Waals surface area contributed by atoms with Gasteiger partial charge in [0.1, 0.15) is 0 Å². The Kier molecular flexibility index (Phi) is 4.76. The van der Waals surface area contributed by atoms with E-state index in [-0.39, 0.29) is 11.4 Å². The molecule has 1 N–H and O–H groups in total. The van der Waals surface area contributed by atoms with Crippen LogP contribution in [-0.4, -0.2) is 16.4 Å². The summed E-state index contributed by atoms with van der Waals surface area (Å²) in [5.74, 6) is 4.63. The molecule has 0 aliphatic heterocycles. The van der Waals surface area contributed by atoms with E-state index in [9.17, 15) is 4.79 Å². The van der Waals surface area contributed by atoms with Gasteiger partial charge in [0.25, 0.3) is 0 Å². The molecule has 4 fully saturated rings. The van der Waals surface area contributed by atoms with Crippen molar-refractivity contribution in [3.8, 4) is 11.3 Å². The van der Waals surface area contributed by atoms with Crippen LogP contribution >= 0.6 is 0 Å². The second kappa shape index (κ2) is 7.30. The Morgan fingerprint density at radius 3 is 2.31 bits per heavy atom. The summed E-state index contributed by atoms with van der Waals surface area (Å²) in [6, 6.07) is 8.45. The maximum absolute atomic E-state index is 12.7. The van der Waals surface area contributed by atoms with Crippen LogP contribution in [0.15, 0.2) is 34.9 Å². The Morgan fingerprint density at radius 1 is 1.10 bits per heavy atom. The third-order valence-electron chi connectivity index (χ3n) is 7.42. The lowest BCUT2D eigenvalue weighted by Gasteiger charge is -2.56. The van der Waals surface area contributed by atoms with Crippen molar-refractivity contribution in [3.05, 3.63) is 41.9 Å². The number of carbonyl (C=O) groups is 1. The second-order valence-electron chi connectivity index (χ2n) is 10.1. The molecule has 0 radical (unpaired) electrons. The largest absolute Gasteiger partial charge is 0.441 e. The summed E-state index contributed by atoms with van der Waals surface area (Å²) in [6.45, 7) is 4.38. The molecule has 4 bridgehead atoms. The average molecular weight is 393 g/mol. The average Bonchev–Trinajstić information content (AvgIpc) is 3.14. The summed E-state index contributed by atoms with van der Waals surface area (Å²) in [7, 11) is 0. The predicted octanol–water partition coefficient (Wildman–Crippen LogP) is 5.48. The molecule has 0 spiro atoms. The Bertz CT molecular complexity index is 845. The van der Waals surface area contributed by atoms with Crippen molar-refractivity contribution in [1.82, 2.24) is 10.3 Å². The van der Waals surface area contributed by atoms with Crippen LogP contribution in [0.5, 0.6) is 0 Å². The molecule has 154 valence electrons. The van der Waals surface area contributed by atoms with Crippen molar-refractivity contribution in [1.29, 1.82) is 0 Å². The first-order valence-corrected chi connectivity index (χ1v) is 11.3. The first-order chi connectivity index (χ1) is 14.0. The summed E-state index contributed by atoms with van der Waals surface area (Å²) >= 11 is 0. The molecule has 2 aromatic rings. The van der Waals surface area contributed by atoms with E-state index in [0.29, 0.717) is 24.7 Å². The number of hydrogen-bond acceptors (Lipinski definition) is 3. The van der Waals surface area contributed by atoms with Gasteiger partial charge in [0.15, 0.2) is 11.7 Å². The highest BCUT2D eigenvalue weighted by molar-refractivity contribution is 5.77. The van der Waals surface area contributed by atoms with Crippen LogP contribution in [0, 0.1) is 17.8 Å². The summed E-state index contributed by atoms with van der Waals surface area (Å²) in [5.41, 5.74) is 2.44. The molecule has 4 aliphatic rings. The summed E-state index contributed by atoms with van der Waals surface area (Å²) in [5, 5.41) is 3.44. The molecular formula is C25H32N2O2. The highest BCUT2D eigenvalue weighted by atomic mass is 16.4. The molecule has 4 saturated carbocycles. The van der Waals surface area contributed by atoms with Gasteiger partial charge in [-0.3, -0.25) is 4.79 Å². The molecule has 4 aliphatic carbocycles. The molecule has 1 aromatic carbocycles. The minimum Gasteiger partial charge on any atom is -0.441 e. The third kappa shape index (κ3) is 3.86. The topological polar surface area (TPSA) is 55.1 Å². The highest BCUT2D eigenvalue weighted by Gasteiger charge is 2.51. The zero-order valence-electron chi connectivity index (χ0n) is 17.6. The minimum absolute atomic E-state index is 0.0890. The molecule has 0 atom stereocenters. The van der Waals surface area contributed by atoms with Crippen LogP contribution in [0.4, 0.5) is 0 Å². The van der Waals surface area contributed by atoms with Gasteiger partial charge < -0.3 is 9.73 Å². The fourth-order valence-electron chi connectivity index (χ4n) is 6.43. The van der Waals surface area contributed by atoms with E-state index in [2.05, 4.69) is 48.4 Å². The Morgan fingerprint density at radius 2 is 1.72 bits per heavy atom. The molecular weight excluding hydrogens is 360 g/mol. The smallest absolute Gasteiger partial charge is 0.220 e. The van der Waals surface area contributed by atoms with Crippen LogP contribution in [0.2, 0.25) is 0 Å². The second-order valence-corrected chi connectivity index (χ2v) is 10.1. The molecule has 4 heteroatoms. The maximum atomic E-state index is 12.7. The number of aryl methyl sites for hydroxylation is 1. The van der Waals surface area contributed by atoms with Crippen molar-refractivity contribution in [2.24, 2.45) is 17.8 Å². The number of oxazole rings is 1. The van der Waals surface area contributed by atoms with Crippen molar-refractivity contribution in [2.75, 3.05) is 0 Å². The lowest BCUT2D eigenvalue weighted by Crippen LogP contribution is -2.59. The van der Waals surface area contributed by atoms with Gasteiger partial charge in [-0.25, -0.2) is 4.98 Å². The number of aromatic nitrogens is 1. The van der Waals surface area contributed by atoms with E-state index < -0.39 is 0 Å². The van der Waals surface area contributed by atoms with Gasteiger partial charge in [-0.1, -0.05) is 38.1 Å². The SMILES string of the molecule is CC(C)c1ccc(-c2cnc(CCC(=O)NC34CC5CC(CC(C5)C3)C4)o2)cc1. The zero-order chi connectivity index (χ0) is 20.0. The number of amides is 1. The van der Waals surface area contributed by atoms with Crippen LogP contribution in [0.3, 0.4) is 0 Å². The Labute approximate surface area is 173 Å². The quantitative estimate of drug-likeness (QED) is 0.708. The number of benzene rings is 1. The Balaban J connectivity index is 1.17. The van der Waals surface area contributed by atoms with Gasteiger partial charge in [0, 0.05) is 23.9 Å². The van der Waals surface area contributed by atoms with E-state index in [4.69, 9.17) is 4.42 Å². The van der Waals surface area contributed by atoms with E-state index in [1.54, 1.807) is 6.20 Å². The summed E-state index contributed by atoms with van der Waals surface area (Å²) in [6.07, 6.45) is 10.6. The third-order valence-corrected chi connectivity index (χ3v) is 7.42. The van der Waals surface area contributed by atoms with Gasteiger partial charge in [0.05, 0.1) is 6.20 Å². The highest BCUT2D eigenvalue weighted by Crippen LogP contribution is 2.55. The van der Waals surface area contributed by atoms with Crippen LogP contribution < -0.4 is 5.32 Å². The normalized spacial score (nSPS) is 30.1. The van der Waals surface area contributed by atoms with Gasteiger partial charge in [-0.05, 0) is 67.8 Å². The van der Waals surface area contributed by atoms with Gasteiger partial charge in [-0.2, -0.15) is 0 Å². The number of hydrogen-bond donors (Lipinski definition) is 1. The standard InChI is InChI=1S/C25H32N2O2/c1-16(2)20-3-5-21(6-4-20)22-15-26-24(29-22)8-7-23(28)27-25-12-17-9-18(13-25)11-19(10-17)14-25/h3-6,15-19H,7-14H2,1-2H3,(H,27,28). The van der Waals surface area contributed by atoms with Gasteiger partial charge >= 0.3 is 0 Å². The number of carbonyl (C=O) groups excluding carboxylic acids is 1. The lowest BCUT2D eigenvalue weighted by atomic mass is 9.53. The molecule has 6 rings (SSSR count). The molecule has 1 amide bonds. The van der Waals surface area contributed by atoms with E-state index in [1.807, 2.05) is 0 Å². The van der Waals surface area contributed by atoms with Crippen molar-refractivity contribution in [3.63, 3.8) is 0 Å². The zero-order valence-corrected chi connectivity index (χ0v) is 17.6. The maximum Gasteiger partial charge on any atom is 0.220 e. The predicted molar refractivity (Wildman–Crippen MR) is 113 cm³/mol. The molecule has 0 saturated heterocycles. The monoisotopic (exact) mass is 392 g/mol. The fraction of sp³-hybridized carbons (Fsp3) is 0.600. The van der Waals surface area contributed by atoms with E-state index >= 15 is 0 Å². The van der Waals surface area contributed by atoms with Crippen LogP contribution in [0.1, 0.15) is 76.2 Å². The van der Waals surface area contributed by atoms with Crippen molar-refractivity contribution in [2.45, 2.75) is 76.7 Å². The molecule has 1 aromatic heterocycles.